The van der Waals surface area contributed by atoms with Crippen LogP contribution in [-0.4, -0.2) is 29.8 Å². The van der Waals surface area contributed by atoms with Gasteiger partial charge in [0, 0.05) is 6.04 Å². The predicted octanol–water partition coefficient (Wildman–Crippen LogP) is 3.63. The molecule has 6 nitrogen and oxygen atoms in total. The van der Waals surface area contributed by atoms with Crippen molar-refractivity contribution in [2.45, 2.75) is 38.8 Å². The minimum atomic E-state index is -0.793. The molecule has 29 heavy (non-hydrogen) atoms. The molecule has 1 saturated carbocycles. The Labute approximate surface area is 175 Å². The average molecular weight is 414 g/mol. The van der Waals surface area contributed by atoms with E-state index in [0.717, 1.165) is 12.8 Å². The number of carbonyl (C=O) groups excluding carboxylic acids is 3. The Morgan fingerprint density at radius 1 is 0.931 bits per heavy atom. The molecule has 0 saturated heterocycles. The Hall–Kier alpha value is -2.86. The van der Waals surface area contributed by atoms with Crippen LogP contribution in [0.4, 0.5) is 5.69 Å². The lowest BCUT2D eigenvalue weighted by Gasteiger charge is -2.22. The van der Waals surface area contributed by atoms with Crippen molar-refractivity contribution in [2.24, 2.45) is 5.92 Å². The molecule has 1 aliphatic carbocycles. The van der Waals surface area contributed by atoms with Gasteiger partial charge in [0.05, 0.1) is 21.8 Å². The minimum Gasteiger partial charge on any atom is -0.349 e. The molecular formula is C22H24ClN3O3. The third-order valence-corrected chi connectivity index (χ3v) is 5.03. The number of benzene rings is 2. The molecule has 1 aliphatic rings. The first-order chi connectivity index (χ1) is 13.9. The van der Waals surface area contributed by atoms with Crippen LogP contribution in [0.25, 0.3) is 0 Å². The second-order valence-corrected chi connectivity index (χ2v) is 7.86. The van der Waals surface area contributed by atoms with Crippen molar-refractivity contribution in [1.82, 2.24) is 10.6 Å². The van der Waals surface area contributed by atoms with E-state index in [2.05, 4.69) is 16.0 Å². The maximum atomic E-state index is 12.9. The third kappa shape index (κ3) is 5.35. The number of nitrogens with one attached hydrogen (secondary N) is 3. The van der Waals surface area contributed by atoms with Crippen molar-refractivity contribution in [3.8, 4) is 0 Å². The topological polar surface area (TPSA) is 87.3 Å². The highest BCUT2D eigenvalue weighted by Crippen LogP contribution is 2.22. The molecule has 1 fully saturated rings. The van der Waals surface area contributed by atoms with Crippen LogP contribution in [-0.2, 0) is 4.79 Å². The number of amides is 3. The molecule has 0 aromatic heterocycles. The van der Waals surface area contributed by atoms with Crippen LogP contribution in [0, 0.1) is 5.92 Å². The standard InChI is InChI=1S/C22H24ClN3O3/c1-13(2)19(26-20(27)15-7-3-5-9-17(15)23)22(29)25-18-10-6-4-8-16(18)21(28)24-14-11-12-14/h3-10,13-14,19H,11-12H2,1-2H3,(H,24,28)(H,25,29)(H,26,27). The monoisotopic (exact) mass is 413 g/mol. The van der Waals surface area contributed by atoms with E-state index in [9.17, 15) is 14.4 Å². The van der Waals surface area contributed by atoms with Gasteiger partial charge in [-0.05, 0) is 43.0 Å². The zero-order valence-electron chi connectivity index (χ0n) is 16.4. The summed E-state index contributed by atoms with van der Waals surface area (Å²) < 4.78 is 0. The number of hydrogen-bond donors (Lipinski definition) is 3. The maximum Gasteiger partial charge on any atom is 0.253 e. The molecule has 1 unspecified atom stereocenters. The normalized spacial score (nSPS) is 14.2. The van der Waals surface area contributed by atoms with Gasteiger partial charge in [-0.25, -0.2) is 0 Å². The molecular weight excluding hydrogens is 390 g/mol. The van der Waals surface area contributed by atoms with Crippen LogP contribution in [0.2, 0.25) is 5.02 Å². The highest BCUT2D eigenvalue weighted by Gasteiger charge is 2.28. The van der Waals surface area contributed by atoms with Gasteiger partial charge in [0.1, 0.15) is 6.04 Å². The Balaban J connectivity index is 1.74. The fraction of sp³-hybridized carbons (Fsp3) is 0.318. The van der Waals surface area contributed by atoms with Crippen LogP contribution in [0.3, 0.4) is 0 Å². The summed E-state index contributed by atoms with van der Waals surface area (Å²) in [5.41, 5.74) is 1.11. The van der Waals surface area contributed by atoms with Gasteiger partial charge in [-0.2, -0.15) is 0 Å². The molecule has 3 N–H and O–H groups in total. The molecule has 0 aliphatic heterocycles. The van der Waals surface area contributed by atoms with E-state index in [1.54, 1.807) is 48.5 Å². The van der Waals surface area contributed by atoms with Crippen LogP contribution >= 0.6 is 11.6 Å². The third-order valence-electron chi connectivity index (χ3n) is 4.70. The molecule has 0 radical (unpaired) electrons. The van der Waals surface area contributed by atoms with Crippen molar-refractivity contribution in [3.63, 3.8) is 0 Å². The molecule has 3 rings (SSSR count). The van der Waals surface area contributed by atoms with E-state index in [-0.39, 0.29) is 17.9 Å². The Morgan fingerprint density at radius 2 is 1.55 bits per heavy atom. The van der Waals surface area contributed by atoms with Crippen molar-refractivity contribution in [3.05, 3.63) is 64.7 Å². The lowest BCUT2D eigenvalue weighted by molar-refractivity contribution is -0.118. The summed E-state index contributed by atoms with van der Waals surface area (Å²) >= 11 is 6.09. The van der Waals surface area contributed by atoms with Gasteiger partial charge in [0.2, 0.25) is 5.91 Å². The van der Waals surface area contributed by atoms with Gasteiger partial charge in [-0.1, -0.05) is 49.7 Å². The number of hydrogen-bond acceptors (Lipinski definition) is 3. The molecule has 3 amide bonds. The quantitative estimate of drug-likeness (QED) is 0.647. The van der Waals surface area contributed by atoms with Crippen LogP contribution in [0.1, 0.15) is 47.4 Å². The highest BCUT2D eigenvalue weighted by atomic mass is 35.5. The summed E-state index contributed by atoms with van der Waals surface area (Å²) in [6.07, 6.45) is 1.95. The second kappa shape index (κ2) is 9.09. The van der Waals surface area contributed by atoms with E-state index >= 15 is 0 Å². The Kier molecular flexibility index (Phi) is 6.54. The summed E-state index contributed by atoms with van der Waals surface area (Å²) in [5.74, 6) is -1.21. The van der Waals surface area contributed by atoms with Crippen molar-refractivity contribution in [2.75, 3.05) is 5.32 Å². The van der Waals surface area contributed by atoms with Gasteiger partial charge in [-0.15, -0.1) is 0 Å². The minimum absolute atomic E-state index is 0.172. The number of para-hydroxylation sites is 1. The number of rotatable bonds is 7. The zero-order valence-corrected chi connectivity index (χ0v) is 17.1. The molecule has 2 aromatic rings. The van der Waals surface area contributed by atoms with E-state index in [1.165, 1.54) is 0 Å². The van der Waals surface area contributed by atoms with Crippen molar-refractivity contribution in [1.29, 1.82) is 0 Å². The maximum absolute atomic E-state index is 12.9. The molecule has 1 atom stereocenters. The lowest BCUT2D eigenvalue weighted by atomic mass is 10.0. The molecule has 152 valence electrons. The first-order valence-corrected chi connectivity index (χ1v) is 10.0. The molecule has 2 aromatic carbocycles. The fourth-order valence-corrected chi connectivity index (χ4v) is 3.11. The van der Waals surface area contributed by atoms with Crippen LogP contribution < -0.4 is 16.0 Å². The molecule has 0 spiro atoms. The first kappa shape index (κ1) is 20.9. The smallest absolute Gasteiger partial charge is 0.253 e. The fourth-order valence-electron chi connectivity index (χ4n) is 2.89. The number of halogens is 1. The first-order valence-electron chi connectivity index (χ1n) is 9.63. The molecule has 7 heteroatoms. The largest absolute Gasteiger partial charge is 0.349 e. The van der Waals surface area contributed by atoms with E-state index in [0.29, 0.717) is 21.8 Å². The van der Waals surface area contributed by atoms with Crippen LogP contribution in [0.5, 0.6) is 0 Å². The summed E-state index contributed by atoms with van der Waals surface area (Å²) in [6.45, 7) is 3.67. The Bertz CT molecular complexity index is 925. The zero-order chi connectivity index (χ0) is 21.0. The summed E-state index contributed by atoms with van der Waals surface area (Å²) in [4.78, 5) is 38.0. The van der Waals surface area contributed by atoms with Crippen molar-refractivity contribution >= 4 is 35.0 Å². The van der Waals surface area contributed by atoms with Crippen LogP contribution in [0.15, 0.2) is 48.5 Å². The molecule has 0 heterocycles. The van der Waals surface area contributed by atoms with Gasteiger partial charge in [0.15, 0.2) is 0 Å². The second-order valence-electron chi connectivity index (χ2n) is 7.46. The van der Waals surface area contributed by atoms with Crippen molar-refractivity contribution < 1.29 is 14.4 Å². The number of carbonyl (C=O) groups is 3. The summed E-state index contributed by atoms with van der Waals surface area (Å²) in [5, 5.41) is 8.77. The van der Waals surface area contributed by atoms with E-state index < -0.39 is 17.9 Å². The lowest BCUT2D eigenvalue weighted by Crippen LogP contribution is -2.47. The van der Waals surface area contributed by atoms with E-state index in [1.807, 2.05) is 13.8 Å². The van der Waals surface area contributed by atoms with Gasteiger partial charge in [0.25, 0.3) is 11.8 Å². The SMILES string of the molecule is CC(C)C(NC(=O)c1ccccc1Cl)C(=O)Nc1ccccc1C(=O)NC1CC1. The molecule has 0 bridgehead atoms. The number of anilines is 1. The predicted molar refractivity (Wildman–Crippen MR) is 113 cm³/mol. The van der Waals surface area contributed by atoms with Gasteiger partial charge >= 0.3 is 0 Å². The Morgan fingerprint density at radius 3 is 2.17 bits per heavy atom. The highest BCUT2D eigenvalue weighted by molar-refractivity contribution is 6.33. The summed E-state index contributed by atoms with van der Waals surface area (Å²) in [6, 6.07) is 12.9. The average Bonchev–Trinajstić information content (AvgIpc) is 3.50. The van der Waals surface area contributed by atoms with Gasteiger partial charge < -0.3 is 16.0 Å². The van der Waals surface area contributed by atoms with E-state index in [4.69, 9.17) is 11.6 Å². The van der Waals surface area contributed by atoms with Gasteiger partial charge in [-0.3, -0.25) is 14.4 Å². The summed E-state index contributed by atoms with van der Waals surface area (Å²) in [7, 11) is 0.